The van der Waals surface area contributed by atoms with Crippen molar-refractivity contribution in [2.45, 2.75) is 31.8 Å². The van der Waals surface area contributed by atoms with Gasteiger partial charge in [-0.25, -0.2) is 0 Å². The Labute approximate surface area is 162 Å². The van der Waals surface area contributed by atoms with E-state index in [2.05, 4.69) is 4.98 Å². The van der Waals surface area contributed by atoms with Crippen LogP contribution in [0.25, 0.3) is 0 Å². The molecule has 2 fully saturated rings. The molecule has 3 heterocycles. The fourth-order valence-corrected chi connectivity index (χ4v) is 3.87. The molecule has 0 bridgehead atoms. The van der Waals surface area contributed by atoms with Crippen molar-refractivity contribution in [2.24, 2.45) is 5.92 Å². The van der Waals surface area contributed by atoms with Crippen LogP contribution in [0.5, 0.6) is 11.5 Å². The highest BCUT2D eigenvalue weighted by Crippen LogP contribution is 2.38. The molecule has 1 aromatic carbocycles. The van der Waals surface area contributed by atoms with E-state index in [0.29, 0.717) is 24.6 Å². The van der Waals surface area contributed by atoms with Crippen LogP contribution >= 0.6 is 0 Å². The lowest BCUT2D eigenvalue weighted by Gasteiger charge is -2.25. The van der Waals surface area contributed by atoms with Crippen molar-refractivity contribution in [3.05, 3.63) is 48.3 Å². The Hall–Kier alpha value is -3.09. The van der Waals surface area contributed by atoms with Crippen molar-refractivity contribution in [3.63, 3.8) is 0 Å². The predicted octanol–water partition coefficient (Wildman–Crippen LogP) is 2.35. The number of hydrogen-bond donors (Lipinski definition) is 0. The van der Waals surface area contributed by atoms with E-state index in [1.165, 1.54) is 0 Å². The number of carbonyl (C=O) groups is 2. The van der Waals surface area contributed by atoms with Crippen LogP contribution in [0.1, 0.15) is 24.8 Å². The van der Waals surface area contributed by atoms with Gasteiger partial charge in [-0.1, -0.05) is 6.07 Å². The number of pyridine rings is 1. The predicted molar refractivity (Wildman–Crippen MR) is 101 cm³/mol. The van der Waals surface area contributed by atoms with Crippen molar-refractivity contribution in [2.75, 3.05) is 18.2 Å². The van der Waals surface area contributed by atoms with Gasteiger partial charge in [0.1, 0.15) is 0 Å². The van der Waals surface area contributed by atoms with Gasteiger partial charge in [0, 0.05) is 49.7 Å². The molecule has 0 radical (unpaired) electrons. The third-order valence-corrected chi connectivity index (χ3v) is 5.49. The summed E-state index contributed by atoms with van der Waals surface area (Å²) in [6.07, 6.45) is 5.81. The summed E-state index contributed by atoms with van der Waals surface area (Å²) in [7, 11) is 0. The standard InChI is InChI=1S/C21H21N3O4/c25-20-8-15(12-23(20)17-5-6-18-19(9-17)28-13-27-18)21(26)24(16-3-4-16)11-14-2-1-7-22-10-14/h1-2,5-7,9-10,15-16H,3-4,8,11-13H2. The van der Waals surface area contributed by atoms with Crippen LogP contribution < -0.4 is 14.4 Å². The lowest BCUT2D eigenvalue weighted by Crippen LogP contribution is -2.38. The summed E-state index contributed by atoms with van der Waals surface area (Å²) < 4.78 is 10.7. The lowest BCUT2D eigenvalue weighted by molar-refractivity contribution is -0.137. The first-order valence-electron chi connectivity index (χ1n) is 9.58. The van der Waals surface area contributed by atoms with Gasteiger partial charge in [0.25, 0.3) is 0 Å². The van der Waals surface area contributed by atoms with Gasteiger partial charge in [-0.15, -0.1) is 0 Å². The molecule has 1 unspecified atom stereocenters. The summed E-state index contributed by atoms with van der Waals surface area (Å²) in [5.74, 6) is 1.02. The summed E-state index contributed by atoms with van der Waals surface area (Å²) in [4.78, 5) is 33.6. The van der Waals surface area contributed by atoms with E-state index in [-0.39, 0.29) is 37.0 Å². The third kappa shape index (κ3) is 3.17. The van der Waals surface area contributed by atoms with E-state index in [9.17, 15) is 9.59 Å². The fourth-order valence-electron chi connectivity index (χ4n) is 3.87. The van der Waals surface area contributed by atoms with E-state index in [1.807, 2.05) is 23.1 Å². The Balaban J connectivity index is 1.32. The molecule has 28 heavy (non-hydrogen) atoms. The Kier molecular flexibility index (Phi) is 4.15. The van der Waals surface area contributed by atoms with E-state index >= 15 is 0 Å². The Morgan fingerprint density at radius 2 is 2.07 bits per heavy atom. The number of benzene rings is 1. The number of carbonyl (C=O) groups excluding carboxylic acids is 2. The van der Waals surface area contributed by atoms with Gasteiger partial charge >= 0.3 is 0 Å². The van der Waals surface area contributed by atoms with Crippen LogP contribution in [-0.4, -0.2) is 41.1 Å². The van der Waals surface area contributed by atoms with Crippen LogP contribution in [0, 0.1) is 5.92 Å². The third-order valence-electron chi connectivity index (χ3n) is 5.49. The quantitative estimate of drug-likeness (QED) is 0.798. The number of fused-ring (bicyclic) bond motifs is 1. The van der Waals surface area contributed by atoms with E-state index in [4.69, 9.17) is 9.47 Å². The van der Waals surface area contributed by atoms with E-state index in [0.717, 1.165) is 24.1 Å². The monoisotopic (exact) mass is 379 g/mol. The molecule has 2 amide bonds. The molecule has 1 aliphatic carbocycles. The van der Waals surface area contributed by atoms with Crippen molar-refractivity contribution < 1.29 is 19.1 Å². The van der Waals surface area contributed by atoms with E-state index < -0.39 is 0 Å². The highest BCUT2D eigenvalue weighted by Gasteiger charge is 2.41. The molecule has 5 rings (SSSR count). The molecule has 0 N–H and O–H groups in total. The van der Waals surface area contributed by atoms with Crippen molar-refractivity contribution in [3.8, 4) is 11.5 Å². The summed E-state index contributed by atoms with van der Waals surface area (Å²) in [6.45, 7) is 1.14. The second kappa shape index (κ2) is 6.82. The minimum atomic E-state index is -0.324. The zero-order valence-corrected chi connectivity index (χ0v) is 15.4. The topological polar surface area (TPSA) is 72.0 Å². The molecule has 1 aromatic heterocycles. The first-order chi connectivity index (χ1) is 13.7. The molecule has 3 aliphatic rings. The van der Waals surface area contributed by atoms with Gasteiger partial charge in [-0.2, -0.15) is 0 Å². The van der Waals surface area contributed by atoms with Gasteiger partial charge in [0.2, 0.25) is 18.6 Å². The molecule has 7 nitrogen and oxygen atoms in total. The van der Waals surface area contributed by atoms with Crippen LogP contribution in [0.3, 0.4) is 0 Å². The van der Waals surface area contributed by atoms with Gasteiger partial charge < -0.3 is 19.3 Å². The molecular formula is C21H21N3O4. The van der Waals surface area contributed by atoms with Crippen molar-refractivity contribution in [1.82, 2.24) is 9.88 Å². The average molecular weight is 379 g/mol. The van der Waals surface area contributed by atoms with Crippen molar-refractivity contribution >= 4 is 17.5 Å². The summed E-state index contributed by atoms with van der Waals surface area (Å²) in [5, 5.41) is 0. The number of ether oxygens (including phenoxy) is 2. The second-order valence-electron chi connectivity index (χ2n) is 7.50. The number of aromatic nitrogens is 1. The Morgan fingerprint density at radius 1 is 1.21 bits per heavy atom. The number of hydrogen-bond acceptors (Lipinski definition) is 5. The molecule has 1 saturated heterocycles. The Bertz CT molecular complexity index is 913. The SMILES string of the molecule is O=C1CC(C(=O)N(Cc2cccnc2)C2CC2)CN1c1ccc2c(c1)OCO2. The number of nitrogens with zero attached hydrogens (tertiary/aromatic N) is 3. The van der Waals surface area contributed by atoms with Crippen LogP contribution in [-0.2, 0) is 16.1 Å². The maximum atomic E-state index is 13.2. The first kappa shape index (κ1) is 17.0. The van der Waals surface area contributed by atoms with Crippen LogP contribution in [0.4, 0.5) is 5.69 Å². The van der Waals surface area contributed by atoms with Crippen molar-refractivity contribution in [1.29, 1.82) is 0 Å². The van der Waals surface area contributed by atoms with Gasteiger partial charge in [-0.3, -0.25) is 14.6 Å². The lowest BCUT2D eigenvalue weighted by atomic mass is 10.1. The fraction of sp³-hybridized carbons (Fsp3) is 0.381. The zero-order chi connectivity index (χ0) is 19.1. The molecule has 1 atom stereocenters. The number of amides is 2. The summed E-state index contributed by atoms with van der Waals surface area (Å²) in [5.41, 5.74) is 1.76. The molecule has 0 spiro atoms. The van der Waals surface area contributed by atoms with Gasteiger partial charge in [-0.05, 0) is 36.6 Å². The Morgan fingerprint density at radius 3 is 2.86 bits per heavy atom. The van der Waals surface area contributed by atoms with E-state index in [1.54, 1.807) is 29.4 Å². The maximum absolute atomic E-state index is 13.2. The smallest absolute Gasteiger partial charge is 0.231 e. The molecule has 2 aromatic rings. The minimum absolute atomic E-state index is 0.0330. The average Bonchev–Trinajstić information content (AvgIpc) is 3.32. The minimum Gasteiger partial charge on any atom is -0.454 e. The first-order valence-corrected chi connectivity index (χ1v) is 9.58. The van der Waals surface area contributed by atoms with Crippen LogP contribution in [0.2, 0.25) is 0 Å². The summed E-state index contributed by atoms with van der Waals surface area (Å²) in [6, 6.07) is 9.59. The molecular weight excluding hydrogens is 358 g/mol. The summed E-state index contributed by atoms with van der Waals surface area (Å²) >= 11 is 0. The maximum Gasteiger partial charge on any atom is 0.231 e. The molecule has 7 heteroatoms. The normalized spacial score (nSPS) is 20.5. The zero-order valence-electron chi connectivity index (χ0n) is 15.4. The van der Waals surface area contributed by atoms with Crippen LogP contribution in [0.15, 0.2) is 42.7 Å². The van der Waals surface area contributed by atoms with Gasteiger partial charge in [0.15, 0.2) is 11.5 Å². The molecule has 1 saturated carbocycles. The van der Waals surface area contributed by atoms with Gasteiger partial charge in [0.05, 0.1) is 5.92 Å². The molecule has 144 valence electrons. The second-order valence-corrected chi connectivity index (χ2v) is 7.50. The largest absolute Gasteiger partial charge is 0.454 e. The number of rotatable bonds is 5. The highest BCUT2D eigenvalue weighted by molar-refractivity contribution is 6.00. The highest BCUT2D eigenvalue weighted by atomic mass is 16.7. The molecule has 2 aliphatic heterocycles. The number of anilines is 1.